The first-order valence-corrected chi connectivity index (χ1v) is 9.38. The maximum atomic E-state index is 13.8. The van der Waals surface area contributed by atoms with Gasteiger partial charge in [0.15, 0.2) is 6.67 Å². The van der Waals surface area contributed by atoms with E-state index in [1.807, 2.05) is 0 Å². The topological polar surface area (TPSA) is 9.23 Å². The second-order valence-corrected chi connectivity index (χ2v) is 7.87. The van der Waals surface area contributed by atoms with E-state index >= 15 is 0 Å². The van der Waals surface area contributed by atoms with Crippen molar-refractivity contribution in [3.8, 4) is 5.75 Å². The van der Waals surface area contributed by atoms with Crippen LogP contribution in [0, 0.1) is 6.92 Å². The van der Waals surface area contributed by atoms with Gasteiger partial charge in [-0.3, -0.25) is 0 Å². The lowest BCUT2D eigenvalue weighted by Crippen LogP contribution is -2.77. The standard InChI is InChI=1S/C18H9F21O/c1-7-2-4-8(5-3-7)40-18(38,39)17(36,37)16(34,35)15(32,33)14(30,31)13(28,29)12(26,27)11(24,25)10(22,23)9(20,21)6-19/h2-5H,6H2,1H3. The summed E-state index contributed by atoms with van der Waals surface area (Å²) in [5, 5.41) is 0. The van der Waals surface area contributed by atoms with Crippen molar-refractivity contribution in [1.82, 2.24) is 0 Å². The van der Waals surface area contributed by atoms with Crippen molar-refractivity contribution < 1.29 is 96.9 Å². The number of halogens is 21. The van der Waals surface area contributed by atoms with Gasteiger partial charge in [0.25, 0.3) is 0 Å². The molecule has 234 valence electrons. The summed E-state index contributed by atoms with van der Waals surface area (Å²) < 4.78 is 286. The Bertz CT molecular complexity index is 1040. The van der Waals surface area contributed by atoms with E-state index in [1.165, 1.54) is 6.92 Å². The normalized spacial score (nSPS) is 15.8. The molecule has 0 saturated carbocycles. The van der Waals surface area contributed by atoms with Gasteiger partial charge in [0.2, 0.25) is 0 Å². The van der Waals surface area contributed by atoms with Crippen LogP contribution < -0.4 is 4.74 Å². The molecule has 0 heterocycles. The monoisotopic (exact) mass is 640 g/mol. The molecule has 1 aromatic carbocycles. The van der Waals surface area contributed by atoms with Gasteiger partial charge in [0.05, 0.1) is 0 Å². The summed E-state index contributed by atoms with van der Waals surface area (Å²) >= 11 is 0. The van der Waals surface area contributed by atoms with Gasteiger partial charge in [0, 0.05) is 0 Å². The van der Waals surface area contributed by atoms with Gasteiger partial charge in [-0.05, 0) is 19.1 Å². The lowest BCUT2D eigenvalue weighted by Gasteiger charge is -2.44. The Hall–Kier alpha value is -2.45. The fraction of sp³-hybridized carbons (Fsp3) is 0.667. The molecule has 1 aromatic rings. The first-order valence-electron chi connectivity index (χ1n) is 9.38. The van der Waals surface area contributed by atoms with Crippen LogP contribution >= 0.6 is 0 Å². The molecule has 22 heteroatoms. The highest BCUT2D eigenvalue weighted by Gasteiger charge is 2.98. The lowest BCUT2D eigenvalue weighted by molar-refractivity contribution is -0.476. The molecular weight excluding hydrogens is 631 g/mol. The van der Waals surface area contributed by atoms with Crippen LogP contribution in [0.2, 0.25) is 0 Å². The van der Waals surface area contributed by atoms with Crippen molar-refractivity contribution in [2.24, 2.45) is 0 Å². The average molecular weight is 640 g/mol. The molecule has 1 nitrogen and oxygen atoms in total. The molecule has 1 rings (SSSR count). The zero-order chi connectivity index (χ0) is 32.4. The first-order chi connectivity index (χ1) is 17.3. The number of aryl methyl sites for hydroxylation is 1. The molecule has 0 N–H and O–H groups in total. The fourth-order valence-electron chi connectivity index (χ4n) is 2.50. The second kappa shape index (κ2) is 9.55. The van der Waals surface area contributed by atoms with Gasteiger partial charge in [-0.25, -0.2) is 4.39 Å². The molecular formula is C18H9F21O. The van der Waals surface area contributed by atoms with Crippen LogP contribution in [-0.2, 0) is 0 Å². The minimum Gasteiger partial charge on any atom is -0.428 e. The summed E-state index contributed by atoms with van der Waals surface area (Å²) in [5.74, 6) is -78.8. The number of hydrogen-bond acceptors (Lipinski definition) is 1. The van der Waals surface area contributed by atoms with Crippen LogP contribution in [0.4, 0.5) is 92.2 Å². The van der Waals surface area contributed by atoms with Crippen molar-refractivity contribution in [2.45, 2.75) is 66.3 Å². The first kappa shape index (κ1) is 35.6. The van der Waals surface area contributed by atoms with E-state index in [0.717, 1.165) is 12.1 Å². The Morgan fingerprint density at radius 3 is 1.02 bits per heavy atom. The van der Waals surface area contributed by atoms with Crippen molar-refractivity contribution in [1.29, 1.82) is 0 Å². The summed E-state index contributed by atoms with van der Waals surface area (Å²) in [7, 11) is 0. The molecule has 0 unspecified atom stereocenters. The van der Waals surface area contributed by atoms with E-state index < -0.39 is 71.8 Å². The maximum absolute atomic E-state index is 13.8. The molecule has 0 bridgehead atoms. The summed E-state index contributed by atoms with van der Waals surface area (Å²) in [6, 6.07) is 1.95. The number of ether oxygens (including phenoxy) is 1. The predicted molar refractivity (Wildman–Crippen MR) is 87.3 cm³/mol. The third-order valence-electron chi connectivity index (χ3n) is 5.02. The van der Waals surface area contributed by atoms with Gasteiger partial charge in [-0.1, -0.05) is 17.7 Å². The molecule has 0 aliphatic carbocycles. The van der Waals surface area contributed by atoms with Gasteiger partial charge in [0.1, 0.15) is 5.75 Å². The van der Waals surface area contributed by atoms with Crippen LogP contribution in [0.15, 0.2) is 24.3 Å². The predicted octanol–water partition coefficient (Wildman–Crippen LogP) is 8.65. The summed E-state index contributed by atoms with van der Waals surface area (Å²) in [4.78, 5) is 0. The van der Waals surface area contributed by atoms with Crippen LogP contribution in [0.25, 0.3) is 0 Å². The van der Waals surface area contributed by atoms with Crippen molar-refractivity contribution in [3.63, 3.8) is 0 Å². The lowest BCUT2D eigenvalue weighted by atomic mass is 9.86. The van der Waals surface area contributed by atoms with E-state index in [2.05, 4.69) is 4.74 Å². The number of benzene rings is 1. The fourth-order valence-corrected chi connectivity index (χ4v) is 2.50. The molecule has 0 saturated heterocycles. The summed E-state index contributed by atoms with van der Waals surface area (Å²) in [6.07, 6.45) is -7.12. The second-order valence-electron chi connectivity index (χ2n) is 7.87. The third kappa shape index (κ3) is 4.55. The summed E-state index contributed by atoms with van der Waals surface area (Å²) in [6.45, 7) is -2.91. The molecule has 0 aromatic heterocycles. The van der Waals surface area contributed by atoms with Crippen LogP contribution in [0.1, 0.15) is 5.56 Å². The van der Waals surface area contributed by atoms with Gasteiger partial charge >= 0.3 is 59.4 Å². The van der Waals surface area contributed by atoms with Crippen LogP contribution in [0.5, 0.6) is 5.75 Å². The highest BCUT2D eigenvalue weighted by atomic mass is 19.4. The number of hydrogen-bond donors (Lipinski definition) is 0. The quantitative estimate of drug-likeness (QED) is 0.208. The Kier molecular flexibility index (Phi) is 8.49. The van der Waals surface area contributed by atoms with Crippen LogP contribution in [-0.4, -0.2) is 66.1 Å². The van der Waals surface area contributed by atoms with Gasteiger partial charge < -0.3 is 4.74 Å². The maximum Gasteiger partial charge on any atom is 0.471 e. The Morgan fingerprint density at radius 1 is 0.450 bits per heavy atom. The van der Waals surface area contributed by atoms with Crippen molar-refractivity contribution >= 4 is 0 Å². The minimum absolute atomic E-state index is 0.119. The Morgan fingerprint density at radius 2 is 0.725 bits per heavy atom. The molecule has 0 spiro atoms. The molecule has 0 amide bonds. The van der Waals surface area contributed by atoms with E-state index in [4.69, 9.17) is 0 Å². The van der Waals surface area contributed by atoms with E-state index in [9.17, 15) is 92.2 Å². The Balaban J connectivity index is 3.73. The number of rotatable bonds is 12. The van der Waals surface area contributed by atoms with E-state index in [1.54, 1.807) is 0 Å². The highest BCUT2D eigenvalue weighted by Crippen LogP contribution is 2.66. The Labute approximate surface area is 206 Å². The number of alkyl halides is 21. The van der Waals surface area contributed by atoms with Crippen molar-refractivity contribution in [2.75, 3.05) is 6.67 Å². The highest BCUT2D eigenvalue weighted by molar-refractivity contribution is 5.27. The summed E-state index contributed by atoms with van der Waals surface area (Å²) in [5.41, 5.74) is 0.119. The molecule has 0 atom stereocenters. The zero-order valence-electron chi connectivity index (χ0n) is 18.4. The SMILES string of the molecule is Cc1ccc(OC(F)(F)C(F)(F)C(F)(F)C(F)(F)C(F)(F)C(F)(F)C(F)(F)C(F)(F)C(F)(F)C(F)(F)CF)cc1. The van der Waals surface area contributed by atoms with Crippen LogP contribution in [0.3, 0.4) is 0 Å². The minimum atomic E-state index is -9.16. The molecule has 0 fully saturated rings. The third-order valence-corrected chi connectivity index (χ3v) is 5.02. The molecule has 0 aliphatic heterocycles. The zero-order valence-corrected chi connectivity index (χ0v) is 18.4. The largest absolute Gasteiger partial charge is 0.471 e. The molecule has 40 heavy (non-hydrogen) atoms. The smallest absolute Gasteiger partial charge is 0.428 e. The molecule has 0 aliphatic rings. The average Bonchev–Trinajstić information content (AvgIpc) is 2.79. The van der Waals surface area contributed by atoms with Crippen molar-refractivity contribution in [3.05, 3.63) is 29.8 Å². The van der Waals surface area contributed by atoms with E-state index in [0.29, 0.717) is 0 Å². The van der Waals surface area contributed by atoms with Gasteiger partial charge in [-0.2, -0.15) is 87.8 Å². The molecule has 0 radical (unpaired) electrons. The van der Waals surface area contributed by atoms with E-state index in [-0.39, 0.29) is 17.7 Å². The van der Waals surface area contributed by atoms with Gasteiger partial charge in [-0.15, -0.1) is 0 Å².